The van der Waals surface area contributed by atoms with E-state index in [2.05, 4.69) is 32.6 Å². The van der Waals surface area contributed by atoms with Crippen molar-refractivity contribution in [1.82, 2.24) is 14.7 Å². The Kier molecular flexibility index (Phi) is 9.33. The van der Waals surface area contributed by atoms with E-state index in [0.29, 0.717) is 38.0 Å². The molecule has 1 unspecified atom stereocenters. The second-order valence-electron chi connectivity index (χ2n) is 15.4. The molecule has 0 saturated carbocycles. The van der Waals surface area contributed by atoms with Gasteiger partial charge in [0, 0.05) is 96.1 Å². The van der Waals surface area contributed by atoms with Gasteiger partial charge in [0.2, 0.25) is 5.91 Å². The normalized spacial score (nSPS) is 22.9. The van der Waals surface area contributed by atoms with Gasteiger partial charge in [0.05, 0.1) is 0 Å². The number of fused-ring (bicyclic) bond motifs is 4. The van der Waals surface area contributed by atoms with Gasteiger partial charge in [-0.25, -0.2) is 8.78 Å². The largest absolute Gasteiger partial charge is 0.384 e. The lowest BCUT2D eigenvalue weighted by molar-refractivity contribution is -0.185. The summed E-state index contributed by atoms with van der Waals surface area (Å²) in [6.07, 6.45) is 8.08. The molecule has 0 aliphatic carbocycles. The molecule has 3 fully saturated rings. The van der Waals surface area contributed by atoms with Crippen molar-refractivity contribution in [2.75, 3.05) is 69.5 Å². The molecule has 5 heterocycles. The van der Waals surface area contributed by atoms with E-state index in [0.717, 1.165) is 92.4 Å². The van der Waals surface area contributed by atoms with Crippen molar-refractivity contribution in [1.29, 1.82) is 0 Å². The first-order chi connectivity index (χ1) is 24.5. The van der Waals surface area contributed by atoms with Gasteiger partial charge >= 0.3 is 0 Å². The molecule has 3 N–H and O–H groups in total. The minimum Gasteiger partial charge on any atom is -0.384 e. The topological polar surface area (TPSA) is 71.1 Å². The smallest absolute Gasteiger partial charge is 0.246 e. The van der Waals surface area contributed by atoms with Gasteiger partial charge in [-0.1, -0.05) is 35.3 Å². The van der Waals surface area contributed by atoms with E-state index in [1.165, 1.54) is 35.4 Å². The van der Waals surface area contributed by atoms with Crippen molar-refractivity contribution < 1.29 is 18.7 Å². The maximum absolute atomic E-state index is 13.7. The van der Waals surface area contributed by atoms with Gasteiger partial charge in [0.25, 0.3) is 0 Å². The number of amides is 1. The standard InChI is InChI=1S/C40H45Cl2F2N5O2/c41-29-2-4-33-35(21-29)45-24-38(33)9-15-47(16-10-38)26-40(51,49-17-11-39(12-18-49)25-46-36-22-30(42)3-5-34(36)39)28-7-13-48(14-8-28)37(50)6-1-27-19-31(43)23-32(44)20-27/h1-6,19-23,28,45-46,51H,7-18,24-26H2/b6-1+. The zero-order chi connectivity index (χ0) is 35.4. The Morgan fingerprint density at radius 2 is 1.33 bits per heavy atom. The van der Waals surface area contributed by atoms with Gasteiger partial charge in [0.15, 0.2) is 0 Å². The summed E-state index contributed by atoms with van der Waals surface area (Å²) in [5.41, 5.74) is 4.28. The van der Waals surface area contributed by atoms with Crippen molar-refractivity contribution in [3.05, 3.63) is 99.0 Å². The summed E-state index contributed by atoms with van der Waals surface area (Å²) in [4.78, 5) is 19.7. The number of β-amino-alcohol motifs (C(OH)–C–C–N with tert-alkyl or cyclic N) is 1. The van der Waals surface area contributed by atoms with Gasteiger partial charge in [-0.2, -0.15) is 0 Å². The second-order valence-corrected chi connectivity index (χ2v) is 16.3. The Hall–Kier alpha value is -3.21. The first-order valence-corrected chi connectivity index (χ1v) is 19.0. The molecule has 3 saturated heterocycles. The molecule has 1 atom stereocenters. The quantitative estimate of drug-likeness (QED) is 0.234. The maximum Gasteiger partial charge on any atom is 0.246 e. The third-order valence-corrected chi connectivity index (χ3v) is 13.1. The van der Waals surface area contributed by atoms with Crippen LogP contribution < -0.4 is 10.6 Å². The van der Waals surface area contributed by atoms with Crippen LogP contribution in [0, 0.1) is 17.6 Å². The van der Waals surface area contributed by atoms with Crippen LogP contribution in [0.25, 0.3) is 6.08 Å². The first-order valence-electron chi connectivity index (χ1n) is 18.3. The van der Waals surface area contributed by atoms with E-state index < -0.39 is 17.4 Å². The number of rotatable bonds is 6. The fourth-order valence-corrected chi connectivity index (χ4v) is 9.99. The van der Waals surface area contributed by atoms with E-state index in [1.807, 2.05) is 24.3 Å². The zero-order valence-electron chi connectivity index (χ0n) is 28.7. The number of hydrogen-bond acceptors (Lipinski definition) is 6. The molecule has 3 aromatic carbocycles. The Morgan fingerprint density at radius 3 is 1.88 bits per heavy atom. The fraction of sp³-hybridized carbons (Fsp3) is 0.475. The number of aliphatic hydroxyl groups is 1. The number of benzene rings is 3. The lowest BCUT2D eigenvalue weighted by Gasteiger charge is -2.53. The van der Waals surface area contributed by atoms with E-state index in [4.69, 9.17) is 23.2 Å². The molecule has 5 aliphatic rings. The van der Waals surface area contributed by atoms with Crippen LogP contribution in [0.3, 0.4) is 0 Å². The Bertz CT molecular complexity index is 1810. The summed E-state index contributed by atoms with van der Waals surface area (Å²) >= 11 is 12.6. The summed E-state index contributed by atoms with van der Waals surface area (Å²) in [7, 11) is 0. The molecule has 7 nitrogen and oxygen atoms in total. The molecule has 8 rings (SSSR count). The monoisotopic (exact) mass is 735 g/mol. The molecule has 0 aromatic heterocycles. The number of anilines is 2. The highest BCUT2D eigenvalue weighted by molar-refractivity contribution is 6.31. The fourth-order valence-electron chi connectivity index (χ4n) is 9.65. The molecule has 1 amide bonds. The van der Waals surface area contributed by atoms with Crippen molar-refractivity contribution in [2.24, 2.45) is 5.92 Å². The summed E-state index contributed by atoms with van der Waals surface area (Å²) in [6, 6.07) is 15.6. The minimum absolute atomic E-state index is 0.0170. The maximum atomic E-state index is 13.7. The second kappa shape index (κ2) is 13.6. The third-order valence-electron chi connectivity index (χ3n) is 12.6. The van der Waals surface area contributed by atoms with Crippen molar-refractivity contribution in [3.8, 4) is 0 Å². The highest BCUT2D eigenvalue weighted by atomic mass is 35.5. The SMILES string of the molecule is O=C(/C=C/c1cc(F)cc(F)c1)N1CCC(C(O)(CN2CCC3(CC2)CNc2cc(Cl)ccc23)N2CCC3(CC2)CNc2cc(Cl)ccc23)CC1. The van der Waals surface area contributed by atoms with Gasteiger partial charge in [0.1, 0.15) is 17.4 Å². The average Bonchev–Trinajstić information content (AvgIpc) is 3.64. The lowest BCUT2D eigenvalue weighted by atomic mass is 9.72. The van der Waals surface area contributed by atoms with Crippen LogP contribution in [0.2, 0.25) is 10.0 Å². The molecule has 51 heavy (non-hydrogen) atoms. The van der Waals surface area contributed by atoms with Crippen LogP contribution in [0.5, 0.6) is 0 Å². The molecule has 11 heteroatoms. The van der Waals surface area contributed by atoms with Crippen molar-refractivity contribution in [2.45, 2.75) is 55.1 Å². The number of carbonyl (C=O) groups is 1. The molecule has 270 valence electrons. The van der Waals surface area contributed by atoms with Crippen molar-refractivity contribution in [3.63, 3.8) is 0 Å². The predicted molar refractivity (Wildman–Crippen MR) is 199 cm³/mol. The summed E-state index contributed by atoms with van der Waals surface area (Å²) in [5, 5.41) is 21.7. The van der Waals surface area contributed by atoms with Crippen LogP contribution in [-0.4, -0.2) is 90.3 Å². The van der Waals surface area contributed by atoms with Gasteiger partial charge in [-0.3, -0.25) is 14.6 Å². The van der Waals surface area contributed by atoms with Crippen LogP contribution >= 0.6 is 23.2 Å². The first kappa shape index (κ1) is 34.9. The van der Waals surface area contributed by atoms with E-state index in [1.54, 1.807) is 4.90 Å². The van der Waals surface area contributed by atoms with Crippen LogP contribution in [-0.2, 0) is 15.6 Å². The Labute approximate surface area is 308 Å². The van der Waals surface area contributed by atoms with Crippen LogP contribution in [0.4, 0.5) is 20.2 Å². The van der Waals surface area contributed by atoms with Crippen molar-refractivity contribution >= 4 is 46.6 Å². The summed E-state index contributed by atoms with van der Waals surface area (Å²) < 4.78 is 27.4. The average molecular weight is 737 g/mol. The highest BCUT2D eigenvalue weighted by Crippen LogP contribution is 2.48. The molecule has 0 bridgehead atoms. The number of nitrogens with zero attached hydrogens (tertiary/aromatic N) is 3. The molecule has 2 spiro atoms. The molecule has 5 aliphatic heterocycles. The Morgan fingerprint density at radius 1 is 0.804 bits per heavy atom. The number of carbonyl (C=O) groups excluding carboxylic acids is 1. The minimum atomic E-state index is -1.05. The van der Waals surface area contributed by atoms with E-state index in [9.17, 15) is 18.7 Å². The van der Waals surface area contributed by atoms with E-state index in [-0.39, 0.29) is 22.7 Å². The number of likely N-dealkylation sites (tertiary alicyclic amines) is 3. The van der Waals surface area contributed by atoms with Gasteiger partial charge in [-0.15, -0.1) is 0 Å². The number of hydrogen-bond donors (Lipinski definition) is 3. The molecular formula is C40H45Cl2F2N5O2. The number of nitrogens with one attached hydrogen (secondary N) is 2. The van der Waals surface area contributed by atoms with Gasteiger partial charge in [-0.05, 0) is 111 Å². The molecule has 0 radical (unpaired) electrons. The third kappa shape index (κ3) is 6.65. The predicted octanol–water partition coefficient (Wildman–Crippen LogP) is 7.13. The number of halogens is 4. The zero-order valence-corrected chi connectivity index (χ0v) is 30.3. The highest BCUT2D eigenvalue weighted by Gasteiger charge is 2.51. The Balaban J connectivity index is 0.973. The summed E-state index contributed by atoms with van der Waals surface area (Å²) in [6.45, 7) is 6.71. The molecule has 3 aromatic rings. The number of piperidine rings is 3. The molecular weight excluding hydrogens is 691 g/mol. The lowest BCUT2D eigenvalue weighted by Crippen LogP contribution is -2.65. The summed E-state index contributed by atoms with van der Waals surface area (Å²) in [5.74, 6) is -1.57. The van der Waals surface area contributed by atoms with Crippen LogP contribution in [0.1, 0.15) is 55.2 Å². The van der Waals surface area contributed by atoms with Crippen LogP contribution in [0.15, 0.2) is 60.7 Å². The van der Waals surface area contributed by atoms with E-state index >= 15 is 0 Å². The van der Waals surface area contributed by atoms with Gasteiger partial charge < -0.3 is 20.6 Å².